The fraction of sp³-hybridized carbons (Fsp3) is 0.353. The van der Waals surface area contributed by atoms with E-state index in [9.17, 15) is 4.79 Å². The van der Waals surface area contributed by atoms with Crippen LogP contribution < -0.4 is 10.6 Å². The van der Waals surface area contributed by atoms with Gasteiger partial charge >= 0.3 is 0 Å². The predicted molar refractivity (Wildman–Crippen MR) is 83.1 cm³/mol. The third-order valence-electron chi connectivity index (χ3n) is 3.89. The molecule has 4 nitrogen and oxygen atoms in total. The topological polar surface area (TPSA) is 50.4 Å². The first-order valence-corrected chi connectivity index (χ1v) is 7.35. The third-order valence-corrected chi connectivity index (χ3v) is 3.89. The van der Waals surface area contributed by atoms with E-state index in [1.807, 2.05) is 25.1 Å². The van der Waals surface area contributed by atoms with E-state index < -0.39 is 0 Å². The maximum absolute atomic E-state index is 12.3. The molecule has 0 saturated carbocycles. The maximum atomic E-state index is 12.3. The number of hydrogen-bond donors (Lipinski definition) is 2. The lowest BCUT2D eigenvalue weighted by Gasteiger charge is -2.25. The Morgan fingerprint density at radius 3 is 2.90 bits per heavy atom. The third kappa shape index (κ3) is 3.06. The monoisotopic (exact) mass is 284 g/mol. The second kappa shape index (κ2) is 6.24. The van der Waals surface area contributed by atoms with Gasteiger partial charge in [0.2, 0.25) is 5.91 Å². The van der Waals surface area contributed by atoms with Gasteiger partial charge in [0.05, 0.1) is 19.3 Å². The Morgan fingerprint density at radius 2 is 2.10 bits per heavy atom. The molecule has 0 aromatic heterocycles. The van der Waals surface area contributed by atoms with E-state index in [1.165, 1.54) is 10.8 Å². The average Bonchev–Trinajstić information content (AvgIpc) is 2.55. The number of amides is 1. The molecule has 4 heteroatoms. The largest absolute Gasteiger partial charge is 0.378 e. The Hall–Kier alpha value is -1.91. The molecule has 0 bridgehead atoms. The van der Waals surface area contributed by atoms with Gasteiger partial charge in [0.15, 0.2) is 0 Å². The highest BCUT2D eigenvalue weighted by molar-refractivity contribution is 5.87. The van der Waals surface area contributed by atoms with Crippen LogP contribution in [0.5, 0.6) is 0 Å². The molecule has 2 aromatic rings. The van der Waals surface area contributed by atoms with Crippen LogP contribution >= 0.6 is 0 Å². The first-order chi connectivity index (χ1) is 10.3. The van der Waals surface area contributed by atoms with Gasteiger partial charge in [-0.15, -0.1) is 0 Å². The highest BCUT2D eigenvalue weighted by Gasteiger charge is 2.23. The van der Waals surface area contributed by atoms with Crippen LogP contribution in [0, 0.1) is 0 Å². The summed E-state index contributed by atoms with van der Waals surface area (Å²) in [5, 5.41) is 8.62. The molecule has 1 amide bonds. The maximum Gasteiger partial charge on any atom is 0.240 e. The van der Waals surface area contributed by atoms with Gasteiger partial charge in [-0.2, -0.15) is 0 Å². The molecule has 1 unspecified atom stereocenters. The first-order valence-electron chi connectivity index (χ1n) is 7.35. The van der Waals surface area contributed by atoms with Crippen LogP contribution in [0.3, 0.4) is 0 Å². The summed E-state index contributed by atoms with van der Waals surface area (Å²) in [4.78, 5) is 12.3. The summed E-state index contributed by atoms with van der Waals surface area (Å²) in [5.74, 6) is -0.00451. The number of carbonyl (C=O) groups excluding carboxylic acids is 1. The normalized spacial score (nSPS) is 20.1. The van der Waals surface area contributed by atoms with Gasteiger partial charge in [0.25, 0.3) is 0 Å². The molecule has 1 aliphatic rings. The van der Waals surface area contributed by atoms with Crippen LogP contribution in [0.25, 0.3) is 10.8 Å². The summed E-state index contributed by atoms with van der Waals surface area (Å²) in [6, 6.07) is 14.1. The van der Waals surface area contributed by atoms with E-state index in [0.717, 1.165) is 12.1 Å². The zero-order valence-electron chi connectivity index (χ0n) is 12.1. The van der Waals surface area contributed by atoms with Gasteiger partial charge in [0, 0.05) is 6.54 Å². The van der Waals surface area contributed by atoms with Crippen molar-refractivity contribution in [3.63, 3.8) is 0 Å². The Bertz CT molecular complexity index is 630. The van der Waals surface area contributed by atoms with E-state index in [-0.39, 0.29) is 18.0 Å². The van der Waals surface area contributed by atoms with E-state index in [1.54, 1.807) is 0 Å². The fourth-order valence-corrected chi connectivity index (χ4v) is 2.75. The van der Waals surface area contributed by atoms with Crippen molar-refractivity contribution in [1.82, 2.24) is 10.6 Å². The zero-order valence-corrected chi connectivity index (χ0v) is 12.1. The molecule has 1 aliphatic heterocycles. The lowest BCUT2D eigenvalue weighted by molar-refractivity contribution is -0.126. The number of benzene rings is 2. The first kappa shape index (κ1) is 14.0. The lowest BCUT2D eigenvalue weighted by Crippen LogP contribution is -2.51. The molecule has 1 saturated heterocycles. The van der Waals surface area contributed by atoms with Gasteiger partial charge < -0.3 is 15.4 Å². The minimum Gasteiger partial charge on any atom is -0.378 e. The number of carbonyl (C=O) groups is 1. The van der Waals surface area contributed by atoms with Crippen molar-refractivity contribution in [1.29, 1.82) is 0 Å². The van der Waals surface area contributed by atoms with Crippen LogP contribution in [0.2, 0.25) is 0 Å². The molecule has 0 spiro atoms. The summed E-state index contributed by atoms with van der Waals surface area (Å²) in [5.41, 5.74) is 1.14. The Labute approximate surface area is 124 Å². The van der Waals surface area contributed by atoms with Crippen molar-refractivity contribution in [3.05, 3.63) is 48.0 Å². The number of hydrogen-bond acceptors (Lipinski definition) is 3. The molecule has 21 heavy (non-hydrogen) atoms. The van der Waals surface area contributed by atoms with E-state index in [0.29, 0.717) is 13.2 Å². The van der Waals surface area contributed by atoms with Crippen molar-refractivity contribution in [2.24, 2.45) is 0 Å². The molecular formula is C17H20N2O2. The van der Waals surface area contributed by atoms with Crippen LogP contribution in [-0.4, -0.2) is 31.7 Å². The van der Waals surface area contributed by atoms with E-state index in [4.69, 9.17) is 4.74 Å². The zero-order chi connectivity index (χ0) is 14.7. The van der Waals surface area contributed by atoms with Crippen LogP contribution in [0.15, 0.2) is 42.5 Å². The van der Waals surface area contributed by atoms with Crippen molar-refractivity contribution < 1.29 is 9.53 Å². The average molecular weight is 284 g/mol. The minimum absolute atomic E-state index is 0.00451. The highest BCUT2D eigenvalue weighted by atomic mass is 16.5. The number of nitrogens with one attached hydrogen (secondary N) is 2. The molecule has 110 valence electrons. The summed E-state index contributed by atoms with van der Waals surface area (Å²) in [7, 11) is 0. The van der Waals surface area contributed by atoms with Crippen molar-refractivity contribution in [2.45, 2.75) is 19.0 Å². The molecule has 2 aromatic carbocycles. The van der Waals surface area contributed by atoms with Crippen LogP contribution in [-0.2, 0) is 9.53 Å². The molecule has 2 atom stereocenters. The van der Waals surface area contributed by atoms with Crippen molar-refractivity contribution in [2.75, 3.05) is 19.8 Å². The lowest BCUT2D eigenvalue weighted by atomic mass is 9.99. The minimum atomic E-state index is -0.254. The second-order valence-electron chi connectivity index (χ2n) is 5.38. The summed E-state index contributed by atoms with van der Waals surface area (Å²) < 4.78 is 5.34. The number of ether oxygens (including phenoxy) is 1. The number of morpholine rings is 1. The number of fused-ring (bicyclic) bond motifs is 1. The standard InChI is InChI=1S/C17H20N2O2/c1-12(19-17(20)16-11-21-10-9-18-16)14-8-4-6-13-5-2-3-7-15(13)14/h2-8,12,16,18H,9-11H2,1H3,(H,19,20)/t12-,16?/m1/s1. The molecule has 3 rings (SSSR count). The summed E-state index contributed by atoms with van der Waals surface area (Å²) in [6.07, 6.45) is 0. The summed E-state index contributed by atoms with van der Waals surface area (Å²) >= 11 is 0. The fourth-order valence-electron chi connectivity index (χ4n) is 2.75. The van der Waals surface area contributed by atoms with Gasteiger partial charge in [-0.1, -0.05) is 42.5 Å². The van der Waals surface area contributed by atoms with Gasteiger partial charge in [-0.3, -0.25) is 4.79 Å². The number of rotatable bonds is 3. The van der Waals surface area contributed by atoms with E-state index in [2.05, 4.69) is 34.9 Å². The molecule has 2 N–H and O–H groups in total. The molecular weight excluding hydrogens is 264 g/mol. The van der Waals surface area contributed by atoms with E-state index >= 15 is 0 Å². The molecule has 1 fully saturated rings. The van der Waals surface area contributed by atoms with Crippen LogP contribution in [0.1, 0.15) is 18.5 Å². The van der Waals surface area contributed by atoms with Crippen molar-refractivity contribution in [3.8, 4) is 0 Å². The van der Waals surface area contributed by atoms with Crippen LogP contribution in [0.4, 0.5) is 0 Å². The Morgan fingerprint density at radius 1 is 1.29 bits per heavy atom. The van der Waals surface area contributed by atoms with Gasteiger partial charge in [0.1, 0.15) is 6.04 Å². The molecule has 1 heterocycles. The highest BCUT2D eigenvalue weighted by Crippen LogP contribution is 2.24. The Balaban J connectivity index is 1.77. The smallest absolute Gasteiger partial charge is 0.240 e. The van der Waals surface area contributed by atoms with Crippen molar-refractivity contribution >= 4 is 16.7 Å². The predicted octanol–water partition coefficient (Wildman–Crippen LogP) is 2.01. The second-order valence-corrected chi connectivity index (χ2v) is 5.38. The molecule has 0 radical (unpaired) electrons. The van der Waals surface area contributed by atoms with Gasteiger partial charge in [-0.25, -0.2) is 0 Å². The van der Waals surface area contributed by atoms with Gasteiger partial charge in [-0.05, 0) is 23.3 Å². The summed E-state index contributed by atoms with van der Waals surface area (Å²) in [6.45, 7) is 3.85. The quantitative estimate of drug-likeness (QED) is 0.906. The SMILES string of the molecule is C[C@@H](NC(=O)C1COCCN1)c1cccc2ccccc12. The Kier molecular flexibility index (Phi) is 4.18. The molecule has 0 aliphatic carbocycles.